The second kappa shape index (κ2) is 5.47. The van der Waals surface area contributed by atoms with Crippen LogP contribution >= 0.6 is 11.8 Å². The summed E-state index contributed by atoms with van der Waals surface area (Å²) < 4.78 is 0. The Morgan fingerprint density at radius 1 is 1.40 bits per heavy atom. The summed E-state index contributed by atoms with van der Waals surface area (Å²) in [7, 11) is 0. The molecule has 5 nitrogen and oxygen atoms in total. The summed E-state index contributed by atoms with van der Waals surface area (Å²) in [5, 5.41) is 12.5. The second-order valence-corrected chi connectivity index (χ2v) is 7.50. The molecule has 0 aromatic rings. The molecular formula is C14H22N2O3S. The molecule has 1 unspecified atom stereocenters. The number of amides is 2. The summed E-state index contributed by atoms with van der Waals surface area (Å²) in [5.74, 6) is 2.32. The monoisotopic (exact) mass is 298 g/mol. The van der Waals surface area contributed by atoms with E-state index < -0.39 is 11.4 Å². The molecule has 2 heterocycles. The first-order chi connectivity index (χ1) is 9.62. The van der Waals surface area contributed by atoms with E-state index in [0.29, 0.717) is 19.0 Å². The van der Waals surface area contributed by atoms with Gasteiger partial charge >= 0.3 is 12.0 Å². The van der Waals surface area contributed by atoms with E-state index in [-0.39, 0.29) is 11.9 Å². The van der Waals surface area contributed by atoms with Crippen LogP contribution in [0.2, 0.25) is 0 Å². The first kappa shape index (κ1) is 14.0. The van der Waals surface area contributed by atoms with Crippen molar-refractivity contribution in [1.29, 1.82) is 0 Å². The van der Waals surface area contributed by atoms with E-state index in [9.17, 15) is 14.7 Å². The summed E-state index contributed by atoms with van der Waals surface area (Å²) in [6.07, 6.45) is 3.81. The smallest absolute Gasteiger partial charge is 0.317 e. The van der Waals surface area contributed by atoms with E-state index in [1.54, 1.807) is 4.90 Å². The van der Waals surface area contributed by atoms with E-state index in [4.69, 9.17) is 0 Å². The van der Waals surface area contributed by atoms with Crippen LogP contribution in [0.5, 0.6) is 0 Å². The zero-order valence-corrected chi connectivity index (χ0v) is 12.5. The number of aliphatic carboxylic acids is 1. The Morgan fingerprint density at radius 2 is 2.25 bits per heavy atom. The number of nitrogens with zero attached hydrogens (tertiary/aromatic N) is 1. The van der Waals surface area contributed by atoms with E-state index in [2.05, 4.69) is 5.32 Å². The third-order valence-corrected chi connectivity index (χ3v) is 6.38. The highest BCUT2D eigenvalue weighted by Crippen LogP contribution is 2.48. The van der Waals surface area contributed by atoms with Gasteiger partial charge in [0.2, 0.25) is 0 Å². The van der Waals surface area contributed by atoms with Crippen LogP contribution in [0.25, 0.3) is 0 Å². The number of urea groups is 1. The Morgan fingerprint density at radius 3 is 2.90 bits per heavy atom. The van der Waals surface area contributed by atoms with E-state index in [1.165, 1.54) is 12.2 Å². The average molecular weight is 298 g/mol. The number of likely N-dealkylation sites (tertiary alicyclic amines) is 1. The highest BCUT2D eigenvalue weighted by Gasteiger charge is 2.55. The average Bonchev–Trinajstić information content (AvgIpc) is 3.10. The fraction of sp³-hybridized carbons (Fsp3) is 0.857. The van der Waals surface area contributed by atoms with Crippen molar-refractivity contribution in [2.24, 2.45) is 17.3 Å². The standard InChI is InChI=1S/C14H22N2O3S/c17-12(18)14-4-1-2-11(14)7-16(9-14)13(19)15-6-10-3-5-20-8-10/h10-11H,1-9H2,(H,15,19)(H,17,18)/t10?,11-,14+/m0/s1. The Balaban J connectivity index is 1.56. The van der Waals surface area contributed by atoms with Crippen molar-refractivity contribution in [2.75, 3.05) is 31.1 Å². The van der Waals surface area contributed by atoms with Gasteiger partial charge in [0, 0.05) is 19.6 Å². The first-order valence-electron chi connectivity index (χ1n) is 7.46. The van der Waals surface area contributed by atoms with Crippen LogP contribution in [0.4, 0.5) is 4.79 Å². The zero-order valence-electron chi connectivity index (χ0n) is 11.6. The van der Waals surface area contributed by atoms with Crippen LogP contribution < -0.4 is 5.32 Å². The molecule has 112 valence electrons. The molecule has 1 aliphatic carbocycles. The minimum atomic E-state index is -0.720. The Kier molecular flexibility index (Phi) is 3.84. The normalized spacial score (nSPS) is 36.1. The van der Waals surface area contributed by atoms with Gasteiger partial charge in [-0.3, -0.25) is 4.79 Å². The summed E-state index contributed by atoms with van der Waals surface area (Å²) in [6, 6.07) is -0.0723. The van der Waals surface area contributed by atoms with Crippen LogP contribution in [0.3, 0.4) is 0 Å². The Hall–Kier alpha value is -0.910. The molecule has 0 radical (unpaired) electrons. The number of carboxylic acids is 1. The fourth-order valence-electron chi connectivity index (χ4n) is 3.88. The van der Waals surface area contributed by atoms with Gasteiger partial charge in [0.25, 0.3) is 0 Å². The predicted molar refractivity (Wildman–Crippen MR) is 77.8 cm³/mol. The molecular weight excluding hydrogens is 276 g/mol. The lowest BCUT2D eigenvalue weighted by Gasteiger charge is -2.23. The van der Waals surface area contributed by atoms with Gasteiger partial charge in [0.05, 0.1) is 5.41 Å². The maximum atomic E-state index is 12.2. The molecule has 20 heavy (non-hydrogen) atoms. The maximum absolute atomic E-state index is 12.2. The van der Waals surface area contributed by atoms with Crippen molar-refractivity contribution in [2.45, 2.75) is 25.7 Å². The molecule has 2 N–H and O–H groups in total. The Bertz CT molecular complexity index is 411. The second-order valence-electron chi connectivity index (χ2n) is 6.35. The first-order valence-corrected chi connectivity index (χ1v) is 8.61. The van der Waals surface area contributed by atoms with E-state index in [0.717, 1.165) is 31.6 Å². The molecule has 3 fully saturated rings. The molecule has 3 atom stereocenters. The fourth-order valence-corrected chi connectivity index (χ4v) is 5.17. The number of thioether (sulfide) groups is 1. The Labute approximate surface area is 123 Å². The van der Waals surface area contributed by atoms with Crippen LogP contribution in [0, 0.1) is 17.3 Å². The van der Waals surface area contributed by atoms with Gasteiger partial charge in [-0.2, -0.15) is 11.8 Å². The predicted octanol–water partition coefficient (Wildman–Crippen LogP) is 1.64. The summed E-state index contributed by atoms with van der Waals surface area (Å²) in [4.78, 5) is 25.5. The maximum Gasteiger partial charge on any atom is 0.317 e. The van der Waals surface area contributed by atoms with Crippen molar-refractivity contribution in [3.63, 3.8) is 0 Å². The SMILES string of the molecule is O=C(NCC1CCSC1)N1C[C@@H]2CCC[C@@]2(C(=O)O)C1. The third-order valence-electron chi connectivity index (χ3n) is 5.15. The van der Waals surface area contributed by atoms with Crippen LogP contribution in [0.1, 0.15) is 25.7 Å². The third kappa shape index (κ3) is 2.38. The molecule has 0 bridgehead atoms. The molecule has 1 saturated carbocycles. The lowest BCUT2D eigenvalue weighted by molar-refractivity contribution is -0.149. The van der Waals surface area contributed by atoms with Crippen molar-refractivity contribution in [3.8, 4) is 0 Å². The van der Waals surface area contributed by atoms with Crippen molar-refractivity contribution in [1.82, 2.24) is 10.2 Å². The van der Waals surface area contributed by atoms with E-state index >= 15 is 0 Å². The molecule has 0 aromatic carbocycles. The minimum Gasteiger partial charge on any atom is -0.481 e. The number of nitrogens with one attached hydrogen (secondary N) is 1. The van der Waals surface area contributed by atoms with Gasteiger partial charge in [-0.15, -0.1) is 0 Å². The number of hydrogen-bond donors (Lipinski definition) is 2. The molecule has 2 aliphatic heterocycles. The minimum absolute atomic E-state index is 0.0723. The number of carboxylic acid groups (broad SMARTS) is 1. The zero-order chi connectivity index (χ0) is 14.2. The van der Waals surface area contributed by atoms with Crippen LogP contribution in [0.15, 0.2) is 0 Å². The number of carbonyl (C=O) groups is 2. The molecule has 6 heteroatoms. The highest BCUT2D eigenvalue weighted by atomic mass is 32.2. The molecule has 0 spiro atoms. The lowest BCUT2D eigenvalue weighted by atomic mass is 9.81. The van der Waals surface area contributed by atoms with Gasteiger partial charge in [0.1, 0.15) is 0 Å². The quantitative estimate of drug-likeness (QED) is 0.831. The van der Waals surface area contributed by atoms with Crippen molar-refractivity contribution < 1.29 is 14.7 Å². The van der Waals surface area contributed by atoms with Crippen molar-refractivity contribution >= 4 is 23.8 Å². The van der Waals surface area contributed by atoms with Crippen LogP contribution in [-0.2, 0) is 4.79 Å². The number of rotatable bonds is 3. The molecule has 0 aromatic heterocycles. The van der Waals surface area contributed by atoms with Crippen LogP contribution in [-0.4, -0.2) is 53.1 Å². The topological polar surface area (TPSA) is 69.6 Å². The molecule has 2 saturated heterocycles. The highest BCUT2D eigenvalue weighted by molar-refractivity contribution is 7.99. The van der Waals surface area contributed by atoms with E-state index in [1.807, 2.05) is 11.8 Å². The number of carbonyl (C=O) groups excluding carboxylic acids is 1. The summed E-state index contributed by atoms with van der Waals surface area (Å²) >= 11 is 1.94. The summed E-state index contributed by atoms with van der Waals surface area (Å²) in [6.45, 7) is 1.73. The lowest BCUT2D eigenvalue weighted by Crippen LogP contribution is -2.43. The summed E-state index contributed by atoms with van der Waals surface area (Å²) in [5.41, 5.74) is -0.666. The molecule has 2 amide bonds. The molecule has 3 rings (SSSR count). The number of fused-ring (bicyclic) bond motifs is 1. The van der Waals surface area contributed by atoms with Gasteiger partial charge in [-0.1, -0.05) is 6.42 Å². The van der Waals surface area contributed by atoms with Gasteiger partial charge in [-0.05, 0) is 42.6 Å². The van der Waals surface area contributed by atoms with Gasteiger partial charge in [-0.25, -0.2) is 4.79 Å². The number of hydrogen-bond acceptors (Lipinski definition) is 3. The van der Waals surface area contributed by atoms with Gasteiger partial charge < -0.3 is 15.3 Å². The molecule has 3 aliphatic rings. The van der Waals surface area contributed by atoms with Crippen molar-refractivity contribution in [3.05, 3.63) is 0 Å². The van der Waals surface area contributed by atoms with Gasteiger partial charge in [0.15, 0.2) is 0 Å². The largest absolute Gasteiger partial charge is 0.481 e.